The minimum absolute atomic E-state index is 0.181. The van der Waals surface area contributed by atoms with E-state index in [1.165, 1.54) is 0 Å². The van der Waals surface area contributed by atoms with Crippen LogP contribution in [0.3, 0.4) is 0 Å². The minimum atomic E-state index is -0.943. The number of aliphatic hydroxyl groups excluding tert-OH is 1. The van der Waals surface area contributed by atoms with Crippen LogP contribution in [0.4, 0.5) is 0 Å². The van der Waals surface area contributed by atoms with Gasteiger partial charge in [0, 0.05) is 19.6 Å². The molecule has 0 aromatic carbocycles. The molecule has 1 aliphatic rings. The molecule has 82 valence electrons. The molecule has 0 aliphatic carbocycles. The summed E-state index contributed by atoms with van der Waals surface area (Å²) in [5, 5.41) is 17.8. The molecule has 0 saturated carbocycles. The smallest absolute Gasteiger partial charge is 0.320 e. The van der Waals surface area contributed by atoms with Gasteiger partial charge < -0.3 is 20.8 Å². The van der Waals surface area contributed by atoms with Gasteiger partial charge in [0.25, 0.3) is 0 Å². The zero-order valence-corrected chi connectivity index (χ0v) is 8.22. The minimum Gasteiger partial charge on any atom is -0.480 e. The molecule has 1 atom stereocenters. The first-order chi connectivity index (χ1) is 6.59. The van der Waals surface area contributed by atoms with E-state index < -0.39 is 12.0 Å². The van der Waals surface area contributed by atoms with E-state index in [4.69, 9.17) is 10.8 Å². The highest BCUT2D eigenvalue weighted by Crippen LogP contribution is 2.10. The van der Waals surface area contributed by atoms with E-state index in [0.717, 1.165) is 25.9 Å². The summed E-state index contributed by atoms with van der Waals surface area (Å²) in [5.74, 6) is -0.943. The quantitative estimate of drug-likeness (QED) is 0.558. The van der Waals surface area contributed by atoms with Crippen molar-refractivity contribution in [3.8, 4) is 0 Å². The average molecular weight is 202 g/mol. The number of aliphatic carboxylic acids is 1. The molecule has 0 amide bonds. The summed E-state index contributed by atoms with van der Waals surface area (Å²) in [6.07, 6.45) is 1.86. The molecule has 1 unspecified atom stereocenters. The van der Waals surface area contributed by atoms with Gasteiger partial charge in [-0.05, 0) is 19.3 Å². The maximum absolute atomic E-state index is 10.4. The fourth-order valence-corrected chi connectivity index (χ4v) is 1.59. The Bertz CT molecular complexity index is 190. The van der Waals surface area contributed by atoms with Gasteiger partial charge in [-0.15, -0.1) is 0 Å². The summed E-state index contributed by atoms with van der Waals surface area (Å²) in [7, 11) is 0. The monoisotopic (exact) mass is 202 g/mol. The van der Waals surface area contributed by atoms with Crippen molar-refractivity contribution in [3.05, 3.63) is 0 Å². The summed E-state index contributed by atoms with van der Waals surface area (Å²) in [6, 6.07) is -0.762. The Morgan fingerprint density at radius 2 is 2.07 bits per heavy atom. The second-order valence-electron chi connectivity index (χ2n) is 3.81. The summed E-state index contributed by atoms with van der Waals surface area (Å²) in [6.45, 7) is 2.39. The van der Waals surface area contributed by atoms with Crippen LogP contribution in [0.1, 0.15) is 19.3 Å². The van der Waals surface area contributed by atoms with Crippen molar-refractivity contribution >= 4 is 5.97 Å². The van der Waals surface area contributed by atoms with Crippen molar-refractivity contribution in [1.82, 2.24) is 4.90 Å². The number of carbonyl (C=O) groups is 1. The van der Waals surface area contributed by atoms with Crippen LogP contribution in [0.15, 0.2) is 0 Å². The van der Waals surface area contributed by atoms with Crippen molar-refractivity contribution in [2.75, 3.05) is 19.6 Å². The fourth-order valence-electron chi connectivity index (χ4n) is 1.59. The van der Waals surface area contributed by atoms with Gasteiger partial charge in [-0.2, -0.15) is 0 Å². The molecule has 0 bridgehead atoms. The zero-order chi connectivity index (χ0) is 10.6. The number of piperidine rings is 1. The first-order valence-corrected chi connectivity index (χ1v) is 4.98. The van der Waals surface area contributed by atoms with E-state index in [0.29, 0.717) is 13.0 Å². The first kappa shape index (κ1) is 11.4. The molecular formula is C9H18N2O3. The number of carboxylic acid groups (broad SMARTS) is 1. The Morgan fingerprint density at radius 3 is 2.57 bits per heavy atom. The SMILES string of the molecule is NC(CCN1CCC(O)CC1)C(=O)O. The molecule has 5 nitrogen and oxygen atoms in total. The number of hydrogen-bond donors (Lipinski definition) is 3. The van der Waals surface area contributed by atoms with Gasteiger partial charge in [-0.25, -0.2) is 0 Å². The van der Waals surface area contributed by atoms with Crippen LogP contribution in [-0.2, 0) is 4.79 Å². The molecule has 0 radical (unpaired) electrons. The molecule has 0 aromatic rings. The third-order valence-electron chi connectivity index (χ3n) is 2.63. The zero-order valence-electron chi connectivity index (χ0n) is 8.22. The predicted molar refractivity (Wildman–Crippen MR) is 51.9 cm³/mol. The number of carboxylic acids is 1. The largest absolute Gasteiger partial charge is 0.480 e. The number of nitrogens with two attached hydrogens (primary N) is 1. The van der Waals surface area contributed by atoms with E-state index in [2.05, 4.69) is 4.90 Å². The standard InChI is InChI=1S/C9H18N2O3/c10-8(9(13)14)3-6-11-4-1-7(12)2-5-11/h7-8,12H,1-6,10H2,(H,13,14). The third kappa shape index (κ3) is 3.61. The fraction of sp³-hybridized carbons (Fsp3) is 0.889. The lowest BCUT2D eigenvalue weighted by atomic mass is 10.1. The second-order valence-corrected chi connectivity index (χ2v) is 3.81. The van der Waals surface area contributed by atoms with Crippen LogP contribution in [0, 0.1) is 0 Å². The molecule has 1 fully saturated rings. The molecule has 0 aromatic heterocycles. The predicted octanol–water partition coefficient (Wildman–Crippen LogP) is -0.755. The molecule has 0 spiro atoms. The number of hydrogen-bond acceptors (Lipinski definition) is 4. The van der Waals surface area contributed by atoms with Gasteiger partial charge in [0.1, 0.15) is 6.04 Å². The van der Waals surface area contributed by atoms with Crippen molar-refractivity contribution < 1.29 is 15.0 Å². The van der Waals surface area contributed by atoms with E-state index in [9.17, 15) is 9.90 Å². The Hall–Kier alpha value is -0.650. The van der Waals surface area contributed by atoms with E-state index in [1.807, 2.05) is 0 Å². The Kier molecular flexibility index (Phi) is 4.31. The highest BCUT2D eigenvalue weighted by Gasteiger charge is 2.18. The lowest BCUT2D eigenvalue weighted by molar-refractivity contribution is -0.138. The Balaban J connectivity index is 2.16. The summed E-state index contributed by atoms with van der Waals surface area (Å²) in [5.41, 5.74) is 5.39. The van der Waals surface area contributed by atoms with Crippen molar-refractivity contribution in [3.63, 3.8) is 0 Å². The van der Waals surface area contributed by atoms with E-state index in [1.54, 1.807) is 0 Å². The Labute approximate surface area is 83.5 Å². The normalized spacial score (nSPS) is 22.1. The highest BCUT2D eigenvalue weighted by molar-refractivity contribution is 5.72. The number of aliphatic hydroxyl groups is 1. The summed E-state index contributed by atoms with van der Waals surface area (Å²) < 4.78 is 0. The molecule has 14 heavy (non-hydrogen) atoms. The molecule has 1 aliphatic heterocycles. The summed E-state index contributed by atoms with van der Waals surface area (Å²) >= 11 is 0. The second kappa shape index (κ2) is 5.29. The van der Waals surface area contributed by atoms with E-state index >= 15 is 0 Å². The van der Waals surface area contributed by atoms with Gasteiger partial charge in [-0.1, -0.05) is 0 Å². The van der Waals surface area contributed by atoms with Crippen molar-refractivity contribution in [1.29, 1.82) is 0 Å². The molecule has 5 heteroatoms. The van der Waals surface area contributed by atoms with Crippen LogP contribution >= 0.6 is 0 Å². The number of rotatable bonds is 4. The van der Waals surface area contributed by atoms with Crippen molar-refractivity contribution in [2.24, 2.45) is 5.73 Å². The van der Waals surface area contributed by atoms with Gasteiger partial charge in [0.15, 0.2) is 0 Å². The van der Waals surface area contributed by atoms with Crippen LogP contribution in [0.2, 0.25) is 0 Å². The molecular weight excluding hydrogens is 184 g/mol. The topological polar surface area (TPSA) is 86.8 Å². The average Bonchev–Trinajstić information content (AvgIpc) is 2.16. The third-order valence-corrected chi connectivity index (χ3v) is 2.63. The summed E-state index contributed by atoms with van der Waals surface area (Å²) in [4.78, 5) is 12.6. The van der Waals surface area contributed by atoms with Crippen LogP contribution in [0.25, 0.3) is 0 Å². The molecule has 1 rings (SSSR count). The number of nitrogens with zero attached hydrogens (tertiary/aromatic N) is 1. The van der Waals surface area contributed by atoms with Gasteiger partial charge in [0.05, 0.1) is 6.10 Å². The maximum Gasteiger partial charge on any atom is 0.320 e. The molecule has 1 saturated heterocycles. The van der Waals surface area contributed by atoms with Gasteiger partial charge in [0.2, 0.25) is 0 Å². The van der Waals surface area contributed by atoms with Gasteiger partial charge in [-0.3, -0.25) is 4.79 Å². The first-order valence-electron chi connectivity index (χ1n) is 4.98. The molecule has 4 N–H and O–H groups in total. The van der Waals surface area contributed by atoms with Crippen LogP contribution in [-0.4, -0.2) is 52.9 Å². The van der Waals surface area contributed by atoms with Crippen molar-refractivity contribution in [2.45, 2.75) is 31.4 Å². The van der Waals surface area contributed by atoms with Gasteiger partial charge >= 0.3 is 5.97 Å². The number of likely N-dealkylation sites (tertiary alicyclic amines) is 1. The highest BCUT2D eigenvalue weighted by atomic mass is 16.4. The Morgan fingerprint density at radius 1 is 1.50 bits per heavy atom. The van der Waals surface area contributed by atoms with Crippen LogP contribution in [0.5, 0.6) is 0 Å². The molecule has 1 heterocycles. The lowest BCUT2D eigenvalue weighted by Gasteiger charge is -2.29. The maximum atomic E-state index is 10.4. The van der Waals surface area contributed by atoms with E-state index in [-0.39, 0.29) is 6.10 Å². The lowest BCUT2D eigenvalue weighted by Crippen LogP contribution is -2.40. The van der Waals surface area contributed by atoms with Crippen LogP contribution < -0.4 is 5.73 Å².